The van der Waals surface area contributed by atoms with Crippen molar-refractivity contribution in [3.63, 3.8) is 0 Å². The maximum absolute atomic E-state index is 11.0. The van der Waals surface area contributed by atoms with Gasteiger partial charge in [0.2, 0.25) is 0 Å². The van der Waals surface area contributed by atoms with Gasteiger partial charge in [0.05, 0.1) is 19.1 Å². The van der Waals surface area contributed by atoms with Crippen molar-refractivity contribution < 1.29 is 19.4 Å². The summed E-state index contributed by atoms with van der Waals surface area (Å²) in [5, 5.41) is 16.7. The van der Waals surface area contributed by atoms with Gasteiger partial charge in [0.15, 0.2) is 0 Å². The SMILES string of the molecule is COCCN(CCC#N)C(=O)C(=O)O. The maximum Gasteiger partial charge on any atom is 0.394 e. The molecule has 0 atom stereocenters. The van der Waals surface area contributed by atoms with E-state index >= 15 is 0 Å². The highest BCUT2D eigenvalue weighted by atomic mass is 16.5. The molecule has 1 N–H and O–H groups in total. The number of carboxylic acids is 1. The lowest BCUT2D eigenvalue weighted by molar-refractivity contribution is -0.156. The molecule has 1 amide bonds. The third-order valence-corrected chi connectivity index (χ3v) is 1.53. The van der Waals surface area contributed by atoms with Gasteiger partial charge in [0.1, 0.15) is 0 Å². The van der Waals surface area contributed by atoms with Crippen molar-refractivity contribution in [3.05, 3.63) is 0 Å². The lowest BCUT2D eigenvalue weighted by Gasteiger charge is -2.18. The zero-order chi connectivity index (χ0) is 11.0. The van der Waals surface area contributed by atoms with Gasteiger partial charge in [-0.05, 0) is 0 Å². The second kappa shape index (κ2) is 6.86. The van der Waals surface area contributed by atoms with E-state index in [-0.39, 0.29) is 26.1 Å². The van der Waals surface area contributed by atoms with Crippen molar-refractivity contribution in [1.82, 2.24) is 4.90 Å². The molecular weight excluding hydrogens is 188 g/mol. The minimum absolute atomic E-state index is 0.114. The monoisotopic (exact) mass is 200 g/mol. The number of rotatable bonds is 5. The molecule has 0 aliphatic rings. The topological polar surface area (TPSA) is 90.6 Å². The first-order valence-corrected chi connectivity index (χ1v) is 4.01. The van der Waals surface area contributed by atoms with Gasteiger partial charge in [-0.2, -0.15) is 5.26 Å². The first-order valence-electron chi connectivity index (χ1n) is 4.01. The van der Waals surface area contributed by atoms with Crippen LogP contribution < -0.4 is 0 Å². The number of amides is 1. The van der Waals surface area contributed by atoms with E-state index < -0.39 is 11.9 Å². The van der Waals surface area contributed by atoms with Crippen LogP contribution in [0.1, 0.15) is 6.42 Å². The standard InChI is InChI=1S/C8H12N2O4/c1-14-6-5-10(4-2-3-9)7(11)8(12)13/h2,4-6H2,1H3,(H,12,13). The van der Waals surface area contributed by atoms with E-state index in [4.69, 9.17) is 15.1 Å². The molecule has 0 unspecified atom stereocenters. The normalized spacial score (nSPS) is 9.14. The number of carbonyl (C=O) groups excluding carboxylic acids is 1. The first kappa shape index (κ1) is 12.4. The summed E-state index contributed by atoms with van der Waals surface area (Å²) < 4.78 is 4.71. The highest BCUT2D eigenvalue weighted by Crippen LogP contribution is 1.93. The highest BCUT2D eigenvalue weighted by Gasteiger charge is 2.19. The summed E-state index contributed by atoms with van der Waals surface area (Å²) in [5.74, 6) is -2.52. The molecule has 0 aromatic heterocycles. The van der Waals surface area contributed by atoms with E-state index in [1.807, 2.05) is 6.07 Å². The molecule has 78 valence electrons. The summed E-state index contributed by atoms with van der Waals surface area (Å²) in [6.07, 6.45) is 0.114. The number of hydrogen-bond acceptors (Lipinski definition) is 4. The van der Waals surface area contributed by atoms with Crippen LogP contribution in [0.25, 0.3) is 0 Å². The Kier molecular flexibility index (Phi) is 6.07. The number of nitriles is 1. The molecule has 0 radical (unpaired) electrons. The molecule has 0 saturated heterocycles. The maximum atomic E-state index is 11.0. The summed E-state index contributed by atoms with van der Waals surface area (Å²) in [7, 11) is 1.45. The Morgan fingerprint density at radius 2 is 2.14 bits per heavy atom. The second-order valence-electron chi connectivity index (χ2n) is 2.50. The van der Waals surface area contributed by atoms with E-state index in [0.29, 0.717) is 0 Å². The lowest BCUT2D eigenvalue weighted by Crippen LogP contribution is -2.39. The van der Waals surface area contributed by atoms with Crippen LogP contribution in [-0.2, 0) is 14.3 Å². The third kappa shape index (κ3) is 4.42. The predicted octanol–water partition coefficient (Wildman–Crippen LogP) is -0.540. The van der Waals surface area contributed by atoms with Gasteiger partial charge >= 0.3 is 11.9 Å². The number of carboxylic acid groups (broad SMARTS) is 1. The summed E-state index contributed by atoms with van der Waals surface area (Å²) >= 11 is 0. The summed E-state index contributed by atoms with van der Waals surface area (Å²) in [5.41, 5.74) is 0. The number of aliphatic carboxylic acids is 1. The average Bonchev–Trinajstić information content (AvgIpc) is 2.17. The third-order valence-electron chi connectivity index (χ3n) is 1.53. The summed E-state index contributed by atoms with van der Waals surface area (Å²) in [6.45, 7) is 0.554. The number of hydrogen-bond donors (Lipinski definition) is 1. The Labute approximate surface area is 81.7 Å². The van der Waals surface area contributed by atoms with Gasteiger partial charge in [0.25, 0.3) is 0 Å². The number of carbonyl (C=O) groups is 2. The van der Waals surface area contributed by atoms with Gasteiger partial charge in [0, 0.05) is 20.2 Å². The molecule has 6 heteroatoms. The molecule has 0 aliphatic heterocycles. The minimum atomic E-state index is -1.51. The molecule has 0 fully saturated rings. The van der Waals surface area contributed by atoms with Crippen LogP contribution >= 0.6 is 0 Å². The molecule has 0 heterocycles. The van der Waals surface area contributed by atoms with Gasteiger partial charge < -0.3 is 14.7 Å². The van der Waals surface area contributed by atoms with E-state index in [0.717, 1.165) is 4.90 Å². The largest absolute Gasteiger partial charge is 0.474 e. The molecule has 14 heavy (non-hydrogen) atoms. The molecule has 0 aromatic carbocycles. The molecule has 0 rings (SSSR count). The molecule has 0 aliphatic carbocycles. The van der Waals surface area contributed by atoms with Gasteiger partial charge in [-0.1, -0.05) is 0 Å². The Bertz CT molecular complexity index is 246. The fraction of sp³-hybridized carbons (Fsp3) is 0.625. The van der Waals surface area contributed by atoms with E-state index in [9.17, 15) is 9.59 Å². The first-order chi connectivity index (χ1) is 6.63. The van der Waals surface area contributed by atoms with Crippen molar-refractivity contribution in [1.29, 1.82) is 5.26 Å². The number of ether oxygens (including phenoxy) is 1. The molecule has 0 saturated carbocycles. The fourth-order valence-corrected chi connectivity index (χ4v) is 0.837. The van der Waals surface area contributed by atoms with Crippen molar-refractivity contribution >= 4 is 11.9 Å². The van der Waals surface area contributed by atoms with Gasteiger partial charge in [-0.15, -0.1) is 0 Å². The molecule has 6 nitrogen and oxygen atoms in total. The molecule has 0 aromatic rings. The Morgan fingerprint density at radius 3 is 2.57 bits per heavy atom. The Morgan fingerprint density at radius 1 is 1.50 bits per heavy atom. The van der Waals surface area contributed by atoms with Crippen molar-refractivity contribution in [2.75, 3.05) is 26.8 Å². The number of methoxy groups -OCH3 is 1. The number of nitrogens with zero attached hydrogens (tertiary/aromatic N) is 2. The van der Waals surface area contributed by atoms with E-state index in [1.54, 1.807) is 0 Å². The minimum Gasteiger partial charge on any atom is -0.474 e. The second-order valence-corrected chi connectivity index (χ2v) is 2.50. The molecule has 0 bridgehead atoms. The van der Waals surface area contributed by atoms with Crippen LogP contribution in [0.5, 0.6) is 0 Å². The smallest absolute Gasteiger partial charge is 0.394 e. The summed E-state index contributed by atoms with van der Waals surface area (Å²) in [6, 6.07) is 1.84. The fourth-order valence-electron chi connectivity index (χ4n) is 0.837. The van der Waals surface area contributed by atoms with Crippen LogP contribution in [-0.4, -0.2) is 48.7 Å². The van der Waals surface area contributed by atoms with Crippen LogP contribution in [0, 0.1) is 11.3 Å². The lowest BCUT2D eigenvalue weighted by atomic mass is 10.4. The van der Waals surface area contributed by atoms with Gasteiger partial charge in [-0.25, -0.2) is 4.79 Å². The van der Waals surface area contributed by atoms with Crippen LogP contribution in [0.4, 0.5) is 0 Å². The van der Waals surface area contributed by atoms with Crippen LogP contribution in [0.2, 0.25) is 0 Å². The zero-order valence-electron chi connectivity index (χ0n) is 7.89. The van der Waals surface area contributed by atoms with Crippen LogP contribution in [0.3, 0.4) is 0 Å². The average molecular weight is 200 g/mol. The zero-order valence-corrected chi connectivity index (χ0v) is 7.89. The van der Waals surface area contributed by atoms with Gasteiger partial charge in [-0.3, -0.25) is 4.79 Å². The Hall–Kier alpha value is -1.61. The van der Waals surface area contributed by atoms with Crippen LogP contribution in [0.15, 0.2) is 0 Å². The predicted molar refractivity (Wildman–Crippen MR) is 46.3 cm³/mol. The highest BCUT2D eigenvalue weighted by molar-refractivity contribution is 6.31. The van der Waals surface area contributed by atoms with Crippen molar-refractivity contribution in [2.45, 2.75) is 6.42 Å². The molecule has 0 spiro atoms. The van der Waals surface area contributed by atoms with Crippen molar-refractivity contribution in [3.8, 4) is 6.07 Å². The van der Waals surface area contributed by atoms with E-state index in [1.165, 1.54) is 7.11 Å². The van der Waals surface area contributed by atoms with E-state index in [2.05, 4.69) is 0 Å². The summed E-state index contributed by atoms with van der Waals surface area (Å²) in [4.78, 5) is 22.4. The van der Waals surface area contributed by atoms with Crippen molar-refractivity contribution in [2.24, 2.45) is 0 Å². The quantitative estimate of drug-likeness (QED) is 0.602. The molecular formula is C8H12N2O4. The Balaban J connectivity index is 4.16.